The number of nitro groups is 1. The molecule has 0 unspecified atom stereocenters. The SMILES string of the molecule is Nc1cc(C=C(Cl)Cl)ccc1[N+](=O)[O-]. The molecule has 1 aromatic rings. The van der Waals surface area contributed by atoms with E-state index in [1.165, 1.54) is 24.3 Å². The molecule has 0 saturated heterocycles. The zero-order valence-electron chi connectivity index (χ0n) is 6.91. The fourth-order valence-electron chi connectivity index (χ4n) is 0.955. The number of hydrogen-bond donors (Lipinski definition) is 1. The van der Waals surface area contributed by atoms with Crippen molar-refractivity contribution in [3.05, 3.63) is 38.4 Å². The van der Waals surface area contributed by atoms with Gasteiger partial charge in [0.05, 0.1) is 4.92 Å². The molecule has 0 aromatic heterocycles. The molecule has 2 N–H and O–H groups in total. The Morgan fingerprint density at radius 3 is 2.57 bits per heavy atom. The van der Waals surface area contributed by atoms with Crippen LogP contribution in [0.4, 0.5) is 11.4 Å². The monoisotopic (exact) mass is 232 g/mol. The molecule has 0 amide bonds. The van der Waals surface area contributed by atoms with Crippen LogP contribution in [0.1, 0.15) is 5.56 Å². The van der Waals surface area contributed by atoms with Crippen molar-refractivity contribution in [3.63, 3.8) is 0 Å². The Labute approximate surface area is 90.1 Å². The standard InChI is InChI=1S/C8H6Cl2N2O2/c9-8(10)4-5-1-2-7(12(13)14)6(11)3-5/h1-4H,11H2. The van der Waals surface area contributed by atoms with Gasteiger partial charge >= 0.3 is 0 Å². The van der Waals surface area contributed by atoms with E-state index in [1.807, 2.05) is 0 Å². The molecule has 0 fully saturated rings. The van der Waals surface area contributed by atoms with Crippen LogP contribution in [0.25, 0.3) is 6.08 Å². The third-order valence-corrected chi connectivity index (χ3v) is 1.74. The summed E-state index contributed by atoms with van der Waals surface area (Å²) in [5.41, 5.74) is 6.01. The molecule has 0 aliphatic carbocycles. The first-order valence-corrected chi connectivity index (χ1v) is 4.33. The van der Waals surface area contributed by atoms with E-state index < -0.39 is 4.92 Å². The Bertz CT molecular complexity index is 400. The number of halogens is 2. The minimum absolute atomic E-state index is 0.0678. The van der Waals surface area contributed by atoms with E-state index >= 15 is 0 Å². The lowest BCUT2D eigenvalue weighted by atomic mass is 10.2. The van der Waals surface area contributed by atoms with Gasteiger partial charge < -0.3 is 5.73 Å². The first-order chi connectivity index (χ1) is 6.50. The molecular weight excluding hydrogens is 227 g/mol. The Hall–Kier alpha value is -1.26. The van der Waals surface area contributed by atoms with E-state index in [2.05, 4.69) is 0 Å². The van der Waals surface area contributed by atoms with Crippen molar-refractivity contribution in [2.24, 2.45) is 0 Å². The van der Waals surface area contributed by atoms with Crippen LogP contribution in [0.3, 0.4) is 0 Å². The summed E-state index contributed by atoms with van der Waals surface area (Å²) in [6.07, 6.45) is 1.45. The third kappa shape index (κ3) is 2.61. The molecule has 0 aliphatic heterocycles. The highest BCUT2D eigenvalue weighted by Gasteiger charge is 2.10. The summed E-state index contributed by atoms with van der Waals surface area (Å²) in [5, 5.41) is 10.4. The lowest BCUT2D eigenvalue weighted by Crippen LogP contribution is -1.95. The predicted octanol–water partition coefficient (Wildman–Crippen LogP) is 2.95. The van der Waals surface area contributed by atoms with Crippen LogP contribution in [0.2, 0.25) is 0 Å². The zero-order chi connectivity index (χ0) is 10.7. The van der Waals surface area contributed by atoms with Crippen LogP contribution in [-0.2, 0) is 0 Å². The lowest BCUT2D eigenvalue weighted by Gasteiger charge is -1.98. The summed E-state index contributed by atoms with van der Waals surface area (Å²) < 4.78 is 0.0678. The van der Waals surface area contributed by atoms with Gasteiger partial charge in [-0.25, -0.2) is 0 Å². The number of nitrogens with two attached hydrogens (primary N) is 1. The van der Waals surface area contributed by atoms with Crippen LogP contribution < -0.4 is 5.73 Å². The van der Waals surface area contributed by atoms with Gasteiger partial charge in [0.25, 0.3) is 5.69 Å². The number of benzene rings is 1. The fraction of sp³-hybridized carbons (Fsp3) is 0. The van der Waals surface area contributed by atoms with Gasteiger partial charge in [-0.05, 0) is 23.8 Å². The molecule has 0 aliphatic rings. The summed E-state index contributed by atoms with van der Waals surface area (Å²) in [4.78, 5) is 9.86. The molecular formula is C8H6Cl2N2O2. The molecule has 6 heteroatoms. The fourth-order valence-corrected chi connectivity index (χ4v) is 1.21. The normalized spacial score (nSPS) is 9.57. The molecule has 1 aromatic carbocycles. The summed E-state index contributed by atoms with van der Waals surface area (Å²) >= 11 is 10.8. The Balaban J connectivity index is 3.13. The van der Waals surface area contributed by atoms with E-state index in [9.17, 15) is 10.1 Å². The molecule has 0 spiro atoms. The smallest absolute Gasteiger partial charge is 0.292 e. The van der Waals surface area contributed by atoms with Gasteiger partial charge in [0, 0.05) is 6.07 Å². The zero-order valence-corrected chi connectivity index (χ0v) is 8.42. The number of nitro benzene ring substituents is 1. The molecule has 74 valence electrons. The predicted molar refractivity (Wildman–Crippen MR) is 57.2 cm³/mol. The molecule has 0 atom stereocenters. The lowest BCUT2D eigenvalue weighted by molar-refractivity contribution is -0.383. The summed E-state index contributed by atoms with van der Waals surface area (Å²) in [6, 6.07) is 4.25. The van der Waals surface area contributed by atoms with Crippen molar-refractivity contribution < 1.29 is 4.92 Å². The second kappa shape index (κ2) is 4.30. The highest BCUT2D eigenvalue weighted by atomic mass is 35.5. The van der Waals surface area contributed by atoms with Gasteiger partial charge in [0.15, 0.2) is 0 Å². The Morgan fingerprint density at radius 2 is 2.14 bits per heavy atom. The molecule has 4 nitrogen and oxygen atoms in total. The van der Waals surface area contributed by atoms with E-state index in [-0.39, 0.29) is 15.9 Å². The van der Waals surface area contributed by atoms with E-state index in [1.54, 1.807) is 0 Å². The van der Waals surface area contributed by atoms with Gasteiger partial charge in [-0.15, -0.1) is 0 Å². The van der Waals surface area contributed by atoms with Gasteiger partial charge in [-0.3, -0.25) is 10.1 Å². The van der Waals surface area contributed by atoms with E-state index in [4.69, 9.17) is 28.9 Å². The average Bonchev–Trinajstić information content (AvgIpc) is 2.01. The molecule has 0 radical (unpaired) electrons. The van der Waals surface area contributed by atoms with Crippen molar-refractivity contribution in [3.8, 4) is 0 Å². The number of rotatable bonds is 2. The van der Waals surface area contributed by atoms with Crippen LogP contribution in [0, 0.1) is 10.1 Å². The topological polar surface area (TPSA) is 69.2 Å². The van der Waals surface area contributed by atoms with Gasteiger partial charge in [0.1, 0.15) is 10.2 Å². The van der Waals surface area contributed by atoms with Crippen molar-refractivity contribution >= 4 is 40.7 Å². The number of nitrogens with zero attached hydrogens (tertiary/aromatic N) is 1. The second-order valence-electron chi connectivity index (χ2n) is 2.51. The second-order valence-corrected chi connectivity index (χ2v) is 3.52. The molecule has 1 rings (SSSR count). The average molecular weight is 233 g/mol. The van der Waals surface area contributed by atoms with Crippen LogP contribution in [0.5, 0.6) is 0 Å². The maximum atomic E-state index is 10.4. The maximum Gasteiger partial charge on any atom is 0.292 e. The van der Waals surface area contributed by atoms with E-state index in [0.717, 1.165) is 0 Å². The van der Waals surface area contributed by atoms with Gasteiger partial charge in [-0.2, -0.15) is 0 Å². The van der Waals surface area contributed by atoms with Gasteiger partial charge in [0.2, 0.25) is 0 Å². The Morgan fingerprint density at radius 1 is 1.50 bits per heavy atom. The summed E-state index contributed by atoms with van der Waals surface area (Å²) in [6.45, 7) is 0. The number of hydrogen-bond acceptors (Lipinski definition) is 3. The van der Waals surface area contributed by atoms with Crippen LogP contribution >= 0.6 is 23.2 Å². The summed E-state index contributed by atoms with van der Waals surface area (Å²) in [7, 11) is 0. The minimum Gasteiger partial charge on any atom is -0.393 e. The van der Waals surface area contributed by atoms with Crippen molar-refractivity contribution in [1.82, 2.24) is 0 Å². The number of anilines is 1. The first kappa shape index (κ1) is 10.8. The van der Waals surface area contributed by atoms with E-state index in [0.29, 0.717) is 5.56 Å². The molecule has 14 heavy (non-hydrogen) atoms. The molecule has 0 heterocycles. The van der Waals surface area contributed by atoms with Crippen molar-refractivity contribution in [1.29, 1.82) is 0 Å². The maximum absolute atomic E-state index is 10.4. The first-order valence-electron chi connectivity index (χ1n) is 3.57. The van der Waals surface area contributed by atoms with Crippen LogP contribution in [-0.4, -0.2) is 4.92 Å². The minimum atomic E-state index is -0.550. The summed E-state index contributed by atoms with van der Waals surface area (Å²) in [5.74, 6) is 0. The molecule has 0 bridgehead atoms. The third-order valence-electron chi connectivity index (χ3n) is 1.52. The highest BCUT2D eigenvalue weighted by molar-refractivity contribution is 6.57. The molecule has 0 saturated carbocycles. The van der Waals surface area contributed by atoms with Crippen molar-refractivity contribution in [2.45, 2.75) is 0 Å². The van der Waals surface area contributed by atoms with Crippen LogP contribution in [0.15, 0.2) is 22.7 Å². The Kier molecular flexibility index (Phi) is 3.33. The quantitative estimate of drug-likeness (QED) is 0.485. The highest BCUT2D eigenvalue weighted by Crippen LogP contribution is 2.24. The van der Waals surface area contributed by atoms with Gasteiger partial charge in [-0.1, -0.05) is 23.2 Å². The number of nitrogen functional groups attached to an aromatic ring is 1. The van der Waals surface area contributed by atoms with Crippen molar-refractivity contribution in [2.75, 3.05) is 5.73 Å². The largest absolute Gasteiger partial charge is 0.393 e.